The van der Waals surface area contributed by atoms with E-state index in [0.29, 0.717) is 15.2 Å². The zero-order chi connectivity index (χ0) is 28.6. The SMILES string of the molecule is CCCCCC(CC)(Pc1ccccc1N1CCCCC1)c1cc(C(C)(C)C)cc(C)c1OCc1ccccc1. The van der Waals surface area contributed by atoms with Crippen LogP contribution in [0.3, 0.4) is 0 Å². The fourth-order valence-corrected chi connectivity index (χ4v) is 7.99. The van der Waals surface area contributed by atoms with Crippen molar-refractivity contribution < 1.29 is 4.74 Å². The van der Waals surface area contributed by atoms with Gasteiger partial charge < -0.3 is 9.64 Å². The molecule has 4 rings (SSSR count). The van der Waals surface area contributed by atoms with Gasteiger partial charge in [0, 0.05) is 29.5 Å². The Morgan fingerprint density at radius 3 is 2.23 bits per heavy atom. The monoisotopic (exact) mass is 557 g/mol. The Kier molecular flexibility index (Phi) is 10.8. The first-order chi connectivity index (χ1) is 19.3. The predicted octanol–water partition coefficient (Wildman–Crippen LogP) is 10.1. The van der Waals surface area contributed by atoms with E-state index in [0.717, 1.165) is 12.2 Å². The van der Waals surface area contributed by atoms with Gasteiger partial charge in [-0.15, -0.1) is 0 Å². The molecule has 2 atom stereocenters. The number of anilines is 1. The second-order valence-corrected chi connectivity index (χ2v) is 14.5. The molecule has 0 aromatic heterocycles. The largest absolute Gasteiger partial charge is 0.488 e. The number of benzene rings is 3. The topological polar surface area (TPSA) is 12.5 Å². The summed E-state index contributed by atoms with van der Waals surface area (Å²) in [7, 11) is 0.700. The van der Waals surface area contributed by atoms with Gasteiger partial charge in [0.2, 0.25) is 0 Å². The Labute approximate surface area is 246 Å². The lowest BCUT2D eigenvalue weighted by atomic mass is 9.80. The number of hydrogen-bond acceptors (Lipinski definition) is 2. The van der Waals surface area contributed by atoms with Crippen molar-refractivity contribution in [2.45, 2.75) is 110 Å². The molecule has 2 nitrogen and oxygen atoms in total. The molecule has 0 spiro atoms. The molecule has 0 bridgehead atoms. The van der Waals surface area contributed by atoms with Gasteiger partial charge in [0.15, 0.2) is 0 Å². The molecule has 1 aliphatic heterocycles. The Hall–Kier alpha value is -2.31. The van der Waals surface area contributed by atoms with Crippen molar-refractivity contribution in [1.82, 2.24) is 0 Å². The summed E-state index contributed by atoms with van der Waals surface area (Å²) in [6, 6.07) is 24.8. The third-order valence-corrected chi connectivity index (χ3v) is 10.7. The molecular weight excluding hydrogens is 505 g/mol. The molecule has 216 valence electrons. The van der Waals surface area contributed by atoms with Crippen LogP contribution in [0, 0.1) is 6.92 Å². The molecule has 1 fully saturated rings. The van der Waals surface area contributed by atoms with Crippen LogP contribution < -0.4 is 14.9 Å². The van der Waals surface area contributed by atoms with E-state index in [1.807, 2.05) is 0 Å². The molecule has 3 aromatic rings. The van der Waals surface area contributed by atoms with E-state index < -0.39 is 0 Å². The fraction of sp³-hybridized carbons (Fsp3) is 0.514. The third-order valence-electron chi connectivity index (χ3n) is 8.67. The van der Waals surface area contributed by atoms with Crippen LogP contribution in [0.5, 0.6) is 5.75 Å². The highest BCUT2D eigenvalue weighted by molar-refractivity contribution is 7.49. The zero-order valence-electron chi connectivity index (χ0n) is 26.0. The first kappa shape index (κ1) is 30.6. The van der Waals surface area contributed by atoms with Crippen molar-refractivity contribution in [3.8, 4) is 5.75 Å². The lowest BCUT2D eigenvalue weighted by Gasteiger charge is -2.39. The number of piperidine rings is 1. The quantitative estimate of drug-likeness (QED) is 0.162. The molecular formula is C37H52NOP. The average Bonchev–Trinajstić information content (AvgIpc) is 2.96. The minimum atomic E-state index is 0.0408. The van der Waals surface area contributed by atoms with Gasteiger partial charge in [-0.25, -0.2) is 0 Å². The molecule has 0 N–H and O–H groups in total. The van der Waals surface area contributed by atoms with Crippen LogP contribution in [-0.4, -0.2) is 13.1 Å². The van der Waals surface area contributed by atoms with Crippen molar-refractivity contribution in [2.75, 3.05) is 18.0 Å². The van der Waals surface area contributed by atoms with E-state index in [2.05, 4.69) is 113 Å². The van der Waals surface area contributed by atoms with E-state index in [-0.39, 0.29) is 10.6 Å². The van der Waals surface area contributed by atoms with E-state index in [9.17, 15) is 0 Å². The second kappa shape index (κ2) is 14.0. The summed E-state index contributed by atoms with van der Waals surface area (Å²) in [5.74, 6) is 1.11. The third kappa shape index (κ3) is 7.50. The van der Waals surface area contributed by atoms with E-state index in [1.54, 1.807) is 0 Å². The van der Waals surface area contributed by atoms with Gasteiger partial charge in [-0.1, -0.05) is 123 Å². The molecule has 0 amide bonds. The van der Waals surface area contributed by atoms with E-state index in [4.69, 9.17) is 4.74 Å². The van der Waals surface area contributed by atoms with Gasteiger partial charge in [-0.05, 0) is 72.5 Å². The normalized spacial score (nSPS) is 15.9. The van der Waals surface area contributed by atoms with E-state index in [1.165, 1.54) is 91.3 Å². The van der Waals surface area contributed by atoms with Crippen LogP contribution in [0.1, 0.15) is 108 Å². The van der Waals surface area contributed by atoms with Crippen LogP contribution in [-0.2, 0) is 17.2 Å². The molecule has 3 aromatic carbocycles. The minimum absolute atomic E-state index is 0.0408. The Morgan fingerprint density at radius 1 is 0.850 bits per heavy atom. The first-order valence-corrected chi connectivity index (χ1v) is 16.7. The highest BCUT2D eigenvalue weighted by Gasteiger charge is 2.36. The smallest absolute Gasteiger partial charge is 0.126 e. The summed E-state index contributed by atoms with van der Waals surface area (Å²) in [5.41, 5.74) is 6.87. The number of unbranched alkanes of at least 4 members (excludes halogenated alkanes) is 2. The standard InChI is InChI=1S/C37H52NOP/c1-7-9-16-23-37(8-2,40-34-22-15-14-21-33(34)38-24-17-11-18-25-38)32-27-31(36(4,5)6)26-29(3)35(32)39-28-30-19-12-10-13-20-30/h10,12-15,19-22,26-27,40H,7-9,11,16-18,23-25,28H2,1-6H3. The lowest BCUT2D eigenvalue weighted by Crippen LogP contribution is -2.33. The van der Waals surface area contributed by atoms with Crippen molar-refractivity contribution in [3.63, 3.8) is 0 Å². The molecule has 3 heteroatoms. The van der Waals surface area contributed by atoms with Gasteiger partial charge >= 0.3 is 0 Å². The minimum Gasteiger partial charge on any atom is -0.488 e. The van der Waals surface area contributed by atoms with Gasteiger partial charge in [-0.2, -0.15) is 0 Å². The maximum Gasteiger partial charge on any atom is 0.126 e. The van der Waals surface area contributed by atoms with Gasteiger partial charge in [0.05, 0.1) is 0 Å². The summed E-state index contributed by atoms with van der Waals surface area (Å²) in [6.07, 6.45) is 10.0. The van der Waals surface area contributed by atoms with Gasteiger partial charge in [0.25, 0.3) is 0 Å². The van der Waals surface area contributed by atoms with Crippen molar-refractivity contribution in [1.29, 1.82) is 0 Å². The summed E-state index contributed by atoms with van der Waals surface area (Å²) in [6.45, 7) is 17.0. The van der Waals surface area contributed by atoms with Crippen LogP contribution in [0.25, 0.3) is 0 Å². The number of rotatable bonds is 12. The van der Waals surface area contributed by atoms with Gasteiger partial charge in [-0.3, -0.25) is 0 Å². The maximum atomic E-state index is 6.81. The summed E-state index contributed by atoms with van der Waals surface area (Å²) < 4.78 is 6.81. The number of ether oxygens (including phenoxy) is 1. The fourth-order valence-electron chi connectivity index (χ4n) is 6.13. The predicted molar refractivity (Wildman–Crippen MR) is 177 cm³/mol. The Morgan fingerprint density at radius 2 is 1.55 bits per heavy atom. The molecule has 0 saturated carbocycles. The first-order valence-electron chi connectivity index (χ1n) is 15.7. The molecule has 0 aliphatic carbocycles. The molecule has 1 saturated heterocycles. The summed E-state index contributed by atoms with van der Waals surface area (Å²) in [5, 5.41) is 1.56. The number of nitrogens with zero attached hydrogens (tertiary/aromatic N) is 1. The van der Waals surface area contributed by atoms with Crippen molar-refractivity contribution in [2.24, 2.45) is 0 Å². The second-order valence-electron chi connectivity index (χ2n) is 12.8. The number of para-hydroxylation sites is 1. The highest BCUT2D eigenvalue weighted by Crippen LogP contribution is 2.53. The molecule has 1 heterocycles. The van der Waals surface area contributed by atoms with Crippen LogP contribution in [0.2, 0.25) is 0 Å². The zero-order valence-corrected chi connectivity index (χ0v) is 27.0. The van der Waals surface area contributed by atoms with Crippen LogP contribution in [0.4, 0.5) is 5.69 Å². The van der Waals surface area contributed by atoms with Crippen LogP contribution in [0.15, 0.2) is 66.7 Å². The molecule has 40 heavy (non-hydrogen) atoms. The Bertz CT molecular complexity index is 1210. The molecule has 1 aliphatic rings. The van der Waals surface area contributed by atoms with Gasteiger partial charge in [0.1, 0.15) is 12.4 Å². The van der Waals surface area contributed by atoms with Crippen LogP contribution >= 0.6 is 8.58 Å². The number of aryl methyl sites for hydroxylation is 1. The number of hydrogen-bond donors (Lipinski definition) is 0. The summed E-state index contributed by atoms with van der Waals surface area (Å²) in [4.78, 5) is 2.65. The van der Waals surface area contributed by atoms with E-state index >= 15 is 0 Å². The molecule has 2 unspecified atom stereocenters. The van der Waals surface area contributed by atoms with Crippen molar-refractivity contribution in [3.05, 3.63) is 89.0 Å². The highest BCUT2D eigenvalue weighted by atomic mass is 31.1. The van der Waals surface area contributed by atoms with Crippen molar-refractivity contribution >= 4 is 19.6 Å². The maximum absolute atomic E-state index is 6.81. The summed E-state index contributed by atoms with van der Waals surface area (Å²) >= 11 is 0. The lowest BCUT2D eigenvalue weighted by molar-refractivity contribution is 0.295. The molecule has 0 radical (unpaired) electrons. The average molecular weight is 558 g/mol. The Balaban J connectivity index is 1.83.